The smallest absolute Gasteiger partial charge is 0.0622 e. The summed E-state index contributed by atoms with van der Waals surface area (Å²) in [4.78, 5) is 0. The Labute approximate surface area is 474 Å². The molecule has 0 aliphatic heterocycles. The van der Waals surface area contributed by atoms with E-state index in [-0.39, 0.29) is 10.8 Å². The first-order valence-corrected chi connectivity index (χ1v) is 28.8. The van der Waals surface area contributed by atoms with Crippen molar-refractivity contribution < 1.29 is 0 Å². The molecule has 0 radical (unpaired) electrons. The number of para-hydroxylation sites is 4. The third-order valence-corrected chi connectivity index (χ3v) is 19.1. The van der Waals surface area contributed by atoms with Crippen LogP contribution < -0.4 is 0 Å². The molecular weight excluding hydrogens is 993 g/mol. The summed E-state index contributed by atoms with van der Waals surface area (Å²) in [6.07, 6.45) is 0. The molecule has 4 nitrogen and oxygen atoms in total. The lowest BCUT2D eigenvalue weighted by atomic mass is 9.80. The Morgan fingerprint density at radius 2 is 0.695 bits per heavy atom. The molecule has 2 aliphatic carbocycles. The monoisotopic (exact) mass is 1050 g/mol. The lowest BCUT2D eigenvalue weighted by molar-refractivity contribution is 0.661. The molecule has 0 saturated carbocycles. The first kappa shape index (κ1) is 45.7. The van der Waals surface area contributed by atoms with Crippen LogP contribution in [-0.2, 0) is 10.8 Å². The number of benzene rings is 12. The second kappa shape index (κ2) is 16.2. The quantitative estimate of drug-likeness (QED) is 0.164. The second-order valence-electron chi connectivity index (χ2n) is 24.0. The highest BCUT2D eigenvalue weighted by Gasteiger charge is 2.39. The van der Waals surface area contributed by atoms with E-state index in [0.29, 0.717) is 0 Å². The molecule has 18 rings (SSSR count). The summed E-state index contributed by atoms with van der Waals surface area (Å²) < 4.78 is 9.89. The zero-order valence-electron chi connectivity index (χ0n) is 46.0. The predicted molar refractivity (Wildman–Crippen MR) is 344 cm³/mol. The molecule has 4 aromatic heterocycles. The summed E-state index contributed by atoms with van der Waals surface area (Å²) in [5.74, 6) is 0. The van der Waals surface area contributed by atoms with Crippen molar-refractivity contribution in [1.29, 1.82) is 0 Å². The number of fused-ring (bicyclic) bond motifs is 20. The van der Waals surface area contributed by atoms with Crippen molar-refractivity contribution >= 4 is 87.2 Å². The minimum atomic E-state index is -0.145. The standard InChI is InChI=1S/C78H54N4/c1-77(2)63-26-12-6-21-58(63)73-64(77)43-41-57-61-46-47(32-44-69(61)82(76(57)73)51-39-37-48(38-40-51)79-65-27-13-7-19-54(65)55-20-8-14-28-66(55)79)52-24-17-31-70-72(52)59-22-9-15-29-67(59)80(70)49-33-35-50(36-34-49)81-68-30-16-10-23-60(68)74-71(81)45-42-56-53-18-5-11-25-62(53)78(3,4)75(56)74/h5-46H,1-4H3. The number of hydrogen-bond donors (Lipinski definition) is 0. The van der Waals surface area contributed by atoms with E-state index in [2.05, 4.69) is 301 Å². The van der Waals surface area contributed by atoms with E-state index < -0.39 is 0 Å². The van der Waals surface area contributed by atoms with E-state index in [1.807, 2.05) is 0 Å². The van der Waals surface area contributed by atoms with Gasteiger partial charge in [-0.25, -0.2) is 0 Å². The first-order chi connectivity index (χ1) is 40.2. The van der Waals surface area contributed by atoms with Crippen LogP contribution in [0.15, 0.2) is 255 Å². The number of aromatic nitrogens is 4. The van der Waals surface area contributed by atoms with Crippen molar-refractivity contribution in [3.05, 3.63) is 277 Å². The summed E-state index contributed by atoms with van der Waals surface area (Å²) in [6.45, 7) is 9.56. The van der Waals surface area contributed by atoms with Gasteiger partial charge in [0.2, 0.25) is 0 Å². The van der Waals surface area contributed by atoms with Crippen LogP contribution in [0.25, 0.3) is 143 Å². The van der Waals surface area contributed by atoms with Crippen LogP contribution in [0, 0.1) is 0 Å². The topological polar surface area (TPSA) is 19.7 Å². The van der Waals surface area contributed by atoms with Gasteiger partial charge in [0, 0.05) is 82.2 Å². The summed E-state index contributed by atoms with van der Waals surface area (Å²) in [5.41, 5.74) is 27.3. The summed E-state index contributed by atoms with van der Waals surface area (Å²) in [6, 6.07) is 95.6. The maximum Gasteiger partial charge on any atom is 0.0622 e. The number of hydrogen-bond acceptors (Lipinski definition) is 0. The van der Waals surface area contributed by atoms with E-state index in [9.17, 15) is 0 Å². The largest absolute Gasteiger partial charge is 0.309 e. The third kappa shape index (κ3) is 5.90. The molecule has 0 N–H and O–H groups in total. The fourth-order valence-electron chi connectivity index (χ4n) is 15.6. The van der Waals surface area contributed by atoms with Crippen LogP contribution in [0.4, 0.5) is 0 Å². The van der Waals surface area contributed by atoms with Gasteiger partial charge < -0.3 is 18.3 Å². The predicted octanol–water partition coefficient (Wildman–Crippen LogP) is 20.4. The maximum absolute atomic E-state index is 2.54. The Bertz CT molecular complexity index is 5380. The third-order valence-electron chi connectivity index (χ3n) is 19.1. The molecule has 0 unspecified atom stereocenters. The SMILES string of the molecule is CC1(C)c2ccccc2-c2c1ccc1c3cc(-c4cccc5c4c4ccccc4n5-c4ccc(-n5c6ccccc6c6c7c(ccc65)-c5ccccc5C7(C)C)cc4)ccc3n(-c3ccc(-n4c5ccccc5c5ccccc54)cc3)c21. The zero-order valence-corrected chi connectivity index (χ0v) is 46.0. The molecule has 2 aliphatic rings. The lowest BCUT2D eigenvalue weighted by Gasteiger charge is -2.22. The highest BCUT2D eigenvalue weighted by atomic mass is 15.0. The summed E-state index contributed by atoms with van der Waals surface area (Å²) in [5, 5.41) is 10.2. The Kier molecular flexibility index (Phi) is 9.05. The van der Waals surface area contributed by atoms with Crippen LogP contribution in [0.1, 0.15) is 49.9 Å². The molecule has 16 aromatic rings. The van der Waals surface area contributed by atoms with Crippen molar-refractivity contribution in [3.63, 3.8) is 0 Å². The van der Waals surface area contributed by atoms with Crippen molar-refractivity contribution in [3.8, 4) is 56.1 Å². The van der Waals surface area contributed by atoms with Crippen molar-refractivity contribution in [2.45, 2.75) is 38.5 Å². The average molecular weight is 1050 g/mol. The maximum atomic E-state index is 2.54. The molecule has 0 spiro atoms. The summed E-state index contributed by atoms with van der Waals surface area (Å²) >= 11 is 0. The van der Waals surface area contributed by atoms with Gasteiger partial charge in [-0.15, -0.1) is 0 Å². The minimum absolute atomic E-state index is 0.127. The van der Waals surface area contributed by atoms with E-state index in [4.69, 9.17) is 0 Å². The van der Waals surface area contributed by atoms with Gasteiger partial charge >= 0.3 is 0 Å². The Hall–Kier alpha value is -10.2. The Morgan fingerprint density at radius 3 is 1.32 bits per heavy atom. The van der Waals surface area contributed by atoms with Gasteiger partial charge in [-0.2, -0.15) is 0 Å². The Balaban J connectivity index is 0.799. The van der Waals surface area contributed by atoms with Crippen molar-refractivity contribution in [1.82, 2.24) is 18.3 Å². The molecule has 386 valence electrons. The highest BCUT2D eigenvalue weighted by molar-refractivity contribution is 6.20. The number of nitrogens with zero attached hydrogens (tertiary/aromatic N) is 4. The van der Waals surface area contributed by atoms with E-state index in [1.54, 1.807) is 0 Å². The van der Waals surface area contributed by atoms with Crippen LogP contribution in [0.2, 0.25) is 0 Å². The van der Waals surface area contributed by atoms with Crippen molar-refractivity contribution in [2.75, 3.05) is 0 Å². The summed E-state index contributed by atoms with van der Waals surface area (Å²) in [7, 11) is 0. The van der Waals surface area contributed by atoms with Gasteiger partial charge in [0.25, 0.3) is 0 Å². The molecule has 4 heteroatoms. The molecule has 0 saturated heterocycles. The zero-order chi connectivity index (χ0) is 54.3. The molecule has 0 amide bonds. The molecule has 0 atom stereocenters. The highest BCUT2D eigenvalue weighted by Crippen LogP contribution is 2.55. The fraction of sp³-hybridized carbons (Fsp3) is 0.0769. The molecule has 0 bridgehead atoms. The molecule has 82 heavy (non-hydrogen) atoms. The van der Waals surface area contributed by atoms with E-state index in [0.717, 1.165) is 22.7 Å². The van der Waals surface area contributed by atoms with Gasteiger partial charge in [-0.05, 0) is 147 Å². The molecule has 4 heterocycles. The first-order valence-electron chi connectivity index (χ1n) is 28.8. The minimum Gasteiger partial charge on any atom is -0.309 e. The molecule has 0 fully saturated rings. The van der Waals surface area contributed by atoms with Gasteiger partial charge in [0.15, 0.2) is 0 Å². The van der Waals surface area contributed by atoms with Gasteiger partial charge in [-0.1, -0.05) is 185 Å². The number of rotatable bonds is 5. The van der Waals surface area contributed by atoms with Crippen LogP contribution in [-0.4, -0.2) is 18.3 Å². The van der Waals surface area contributed by atoms with Crippen LogP contribution in [0.5, 0.6) is 0 Å². The van der Waals surface area contributed by atoms with E-state index in [1.165, 1.54) is 143 Å². The Morgan fingerprint density at radius 1 is 0.256 bits per heavy atom. The average Bonchev–Trinajstić information content (AvgIpc) is 1.96. The molecular formula is C78H54N4. The van der Waals surface area contributed by atoms with Gasteiger partial charge in [0.05, 0.1) is 44.1 Å². The van der Waals surface area contributed by atoms with Crippen LogP contribution in [0.3, 0.4) is 0 Å². The fourth-order valence-corrected chi connectivity index (χ4v) is 15.6. The lowest BCUT2D eigenvalue weighted by Crippen LogP contribution is -2.15. The van der Waals surface area contributed by atoms with Crippen molar-refractivity contribution in [2.24, 2.45) is 0 Å². The normalized spacial score (nSPS) is 14.0. The van der Waals surface area contributed by atoms with Crippen LogP contribution >= 0.6 is 0 Å². The van der Waals surface area contributed by atoms with E-state index >= 15 is 0 Å². The van der Waals surface area contributed by atoms with Gasteiger partial charge in [-0.3, -0.25) is 0 Å². The second-order valence-corrected chi connectivity index (χ2v) is 24.0. The van der Waals surface area contributed by atoms with Gasteiger partial charge in [0.1, 0.15) is 0 Å². The molecule has 12 aromatic carbocycles.